The monoisotopic (exact) mass is 499 g/mol. The van der Waals surface area contributed by atoms with Crippen molar-refractivity contribution in [1.29, 1.82) is 0 Å². The number of nitrogens with zero attached hydrogens (tertiary/aromatic N) is 1. The molecular weight excluding hydrogens is 470 g/mol. The maximum atomic E-state index is 12.8. The van der Waals surface area contributed by atoms with E-state index in [1.54, 1.807) is 54.5 Å². The number of aldehydes is 1. The van der Waals surface area contributed by atoms with E-state index in [1.165, 1.54) is 0 Å². The molecule has 0 aliphatic carbocycles. The van der Waals surface area contributed by atoms with Gasteiger partial charge in [0.1, 0.15) is 22.9 Å². The lowest BCUT2D eigenvalue weighted by atomic mass is 10.0. The van der Waals surface area contributed by atoms with Crippen LogP contribution in [0.2, 0.25) is 0 Å². The van der Waals surface area contributed by atoms with Gasteiger partial charge in [0.25, 0.3) is 5.91 Å². The van der Waals surface area contributed by atoms with Gasteiger partial charge in [-0.15, -0.1) is 0 Å². The van der Waals surface area contributed by atoms with Crippen LogP contribution in [0.15, 0.2) is 72.8 Å². The second kappa shape index (κ2) is 11.3. The van der Waals surface area contributed by atoms with Crippen molar-refractivity contribution >= 4 is 40.0 Å². The molecule has 8 heteroatoms. The van der Waals surface area contributed by atoms with Gasteiger partial charge in [-0.3, -0.25) is 20.0 Å². The van der Waals surface area contributed by atoms with Crippen LogP contribution in [-0.4, -0.2) is 37.6 Å². The molecule has 37 heavy (non-hydrogen) atoms. The molecule has 1 amide bonds. The van der Waals surface area contributed by atoms with Gasteiger partial charge in [0.15, 0.2) is 12.0 Å². The van der Waals surface area contributed by atoms with Crippen LogP contribution in [0, 0.1) is 0 Å². The lowest BCUT2D eigenvalue weighted by Gasteiger charge is -2.27. The fourth-order valence-electron chi connectivity index (χ4n) is 4.08. The Balaban J connectivity index is 1.74. The van der Waals surface area contributed by atoms with Gasteiger partial charge >= 0.3 is 0 Å². The number of hydrogen-bond acceptors (Lipinski definition) is 7. The van der Waals surface area contributed by atoms with Gasteiger partial charge in [-0.1, -0.05) is 42.5 Å². The van der Waals surface area contributed by atoms with Gasteiger partial charge in [-0.05, 0) is 37.4 Å². The van der Waals surface area contributed by atoms with Crippen LogP contribution in [0.1, 0.15) is 34.6 Å². The average Bonchev–Trinajstić information content (AvgIpc) is 2.91. The Bertz CT molecular complexity index is 1420. The molecule has 4 aromatic carbocycles. The third kappa shape index (κ3) is 5.43. The number of fused-ring (bicyclic) bond motifs is 1. The van der Waals surface area contributed by atoms with Crippen LogP contribution in [0.5, 0.6) is 17.2 Å². The van der Waals surface area contributed by atoms with Crippen molar-refractivity contribution < 1.29 is 24.2 Å². The van der Waals surface area contributed by atoms with E-state index in [4.69, 9.17) is 9.47 Å². The summed E-state index contributed by atoms with van der Waals surface area (Å²) in [6, 6.07) is 21.5. The first kappa shape index (κ1) is 25.4. The molecule has 0 saturated heterocycles. The van der Waals surface area contributed by atoms with Gasteiger partial charge in [0.2, 0.25) is 0 Å². The van der Waals surface area contributed by atoms with Crippen molar-refractivity contribution in [2.45, 2.75) is 13.8 Å². The summed E-state index contributed by atoms with van der Waals surface area (Å²) in [4.78, 5) is 24.4. The number of aromatic hydroxyl groups is 1. The van der Waals surface area contributed by atoms with E-state index < -0.39 is 0 Å². The standard InChI is InChI=1S/C29H29N3O5/c1-4-36-25-17-24(26(37-5-2)16-23(25)30-29(35)19-11-7-6-8-12-19)31-32(3)27-22-14-10-9-13-20(22)15-21(18-33)28(27)34/h6-18,31,34H,4-5H2,1-3H3,(H,30,35). The van der Waals surface area contributed by atoms with E-state index in [0.717, 1.165) is 10.8 Å². The Labute approximate surface area is 215 Å². The minimum atomic E-state index is -0.274. The maximum Gasteiger partial charge on any atom is 0.255 e. The molecule has 3 N–H and O–H groups in total. The zero-order chi connectivity index (χ0) is 26.4. The Morgan fingerprint density at radius 1 is 0.919 bits per heavy atom. The minimum Gasteiger partial charge on any atom is -0.505 e. The topological polar surface area (TPSA) is 100 Å². The highest BCUT2D eigenvalue weighted by Gasteiger charge is 2.20. The van der Waals surface area contributed by atoms with Gasteiger partial charge in [0.05, 0.1) is 24.5 Å². The lowest BCUT2D eigenvalue weighted by molar-refractivity contribution is 0.102. The van der Waals surface area contributed by atoms with Crippen LogP contribution < -0.4 is 25.2 Å². The van der Waals surface area contributed by atoms with Crippen molar-refractivity contribution in [3.05, 3.63) is 83.9 Å². The molecule has 0 aliphatic rings. The number of hydrazine groups is 1. The normalized spacial score (nSPS) is 10.6. The number of phenolic OH excluding ortho intramolecular Hbond substituents is 1. The summed E-state index contributed by atoms with van der Waals surface area (Å²) in [5.74, 6) is 0.501. The first-order chi connectivity index (χ1) is 18.0. The molecule has 0 fully saturated rings. The van der Waals surface area contributed by atoms with E-state index in [2.05, 4.69) is 10.7 Å². The van der Waals surface area contributed by atoms with Crippen molar-refractivity contribution in [3.8, 4) is 17.2 Å². The molecule has 190 valence electrons. The van der Waals surface area contributed by atoms with Crippen molar-refractivity contribution in [3.63, 3.8) is 0 Å². The molecule has 0 saturated carbocycles. The number of carbonyl (C=O) groups is 2. The second-order valence-electron chi connectivity index (χ2n) is 8.20. The van der Waals surface area contributed by atoms with Crippen LogP contribution in [0.25, 0.3) is 10.8 Å². The smallest absolute Gasteiger partial charge is 0.255 e. The molecule has 0 heterocycles. The maximum absolute atomic E-state index is 12.8. The largest absolute Gasteiger partial charge is 0.505 e. The van der Waals surface area contributed by atoms with Gasteiger partial charge < -0.3 is 19.9 Å². The zero-order valence-corrected chi connectivity index (χ0v) is 20.9. The zero-order valence-electron chi connectivity index (χ0n) is 20.9. The predicted molar refractivity (Wildman–Crippen MR) is 146 cm³/mol. The fourth-order valence-corrected chi connectivity index (χ4v) is 4.08. The molecule has 0 radical (unpaired) electrons. The van der Waals surface area contributed by atoms with E-state index >= 15 is 0 Å². The summed E-state index contributed by atoms with van der Waals surface area (Å²) in [7, 11) is 1.73. The first-order valence-electron chi connectivity index (χ1n) is 12.0. The number of benzene rings is 4. The molecule has 4 rings (SSSR count). The van der Waals surface area contributed by atoms with Gasteiger partial charge in [-0.25, -0.2) is 0 Å². The van der Waals surface area contributed by atoms with Crippen molar-refractivity contribution in [1.82, 2.24) is 0 Å². The van der Waals surface area contributed by atoms with Crippen molar-refractivity contribution in [2.24, 2.45) is 0 Å². The van der Waals surface area contributed by atoms with Crippen molar-refractivity contribution in [2.75, 3.05) is 36.0 Å². The molecule has 0 unspecified atom stereocenters. The Kier molecular flexibility index (Phi) is 7.78. The highest BCUT2D eigenvalue weighted by molar-refractivity contribution is 6.06. The number of rotatable bonds is 10. The number of anilines is 3. The van der Waals surface area contributed by atoms with Gasteiger partial charge in [-0.2, -0.15) is 0 Å². The molecule has 0 atom stereocenters. The molecule has 0 bridgehead atoms. The minimum absolute atomic E-state index is 0.140. The van der Waals surface area contributed by atoms with E-state index in [1.807, 2.05) is 44.2 Å². The van der Waals surface area contributed by atoms with Crippen LogP contribution >= 0.6 is 0 Å². The Morgan fingerprint density at radius 2 is 1.54 bits per heavy atom. The number of nitrogens with one attached hydrogen (secondary N) is 2. The average molecular weight is 500 g/mol. The Morgan fingerprint density at radius 3 is 2.22 bits per heavy atom. The van der Waals surface area contributed by atoms with Crippen LogP contribution in [0.4, 0.5) is 17.1 Å². The molecule has 8 nitrogen and oxygen atoms in total. The summed E-state index contributed by atoms with van der Waals surface area (Å²) < 4.78 is 11.7. The molecule has 0 aromatic heterocycles. The predicted octanol–water partition coefficient (Wildman–Crippen LogP) is 5.87. The molecule has 0 spiro atoms. The summed E-state index contributed by atoms with van der Waals surface area (Å²) in [6.45, 7) is 4.48. The molecule has 4 aromatic rings. The molecular formula is C29H29N3O5. The number of carbonyl (C=O) groups excluding carboxylic acids is 2. The van der Waals surface area contributed by atoms with E-state index in [-0.39, 0.29) is 17.2 Å². The summed E-state index contributed by atoms with van der Waals surface area (Å²) in [6.07, 6.45) is 0.627. The molecule has 0 aliphatic heterocycles. The summed E-state index contributed by atoms with van der Waals surface area (Å²) >= 11 is 0. The highest BCUT2D eigenvalue weighted by atomic mass is 16.5. The number of phenols is 1. The van der Waals surface area contributed by atoms with Crippen LogP contribution in [-0.2, 0) is 0 Å². The van der Waals surface area contributed by atoms with E-state index in [9.17, 15) is 14.7 Å². The van der Waals surface area contributed by atoms with Gasteiger partial charge in [0, 0.05) is 30.1 Å². The number of amides is 1. The second-order valence-corrected chi connectivity index (χ2v) is 8.20. The third-order valence-corrected chi connectivity index (χ3v) is 5.74. The summed E-state index contributed by atoms with van der Waals surface area (Å²) in [5.41, 5.74) is 5.39. The fraction of sp³-hybridized carbons (Fsp3) is 0.172. The summed E-state index contributed by atoms with van der Waals surface area (Å²) in [5, 5.41) is 17.0. The quantitative estimate of drug-likeness (QED) is 0.185. The first-order valence-corrected chi connectivity index (χ1v) is 12.0. The highest BCUT2D eigenvalue weighted by Crippen LogP contribution is 2.41. The van der Waals surface area contributed by atoms with Crippen LogP contribution in [0.3, 0.4) is 0 Å². The third-order valence-electron chi connectivity index (χ3n) is 5.74. The number of hydrogen-bond donors (Lipinski definition) is 3. The SMILES string of the molecule is CCOc1cc(NN(C)c2c(O)c(C=O)cc3ccccc23)c(OCC)cc1NC(=O)c1ccccc1. The number of ether oxygens (including phenoxy) is 2. The van der Waals surface area contributed by atoms with E-state index in [0.29, 0.717) is 53.6 Å². The Hall–Kier alpha value is -4.72. The lowest BCUT2D eigenvalue weighted by Crippen LogP contribution is -2.26.